The Labute approximate surface area is 217 Å². The van der Waals surface area contributed by atoms with Crippen LogP contribution in [0.3, 0.4) is 0 Å². The van der Waals surface area contributed by atoms with Crippen molar-refractivity contribution in [2.75, 3.05) is 13.7 Å². The maximum atomic E-state index is 12.0. The molecule has 4 atom stereocenters. The van der Waals surface area contributed by atoms with Gasteiger partial charge in [-0.2, -0.15) is 4.99 Å². The number of hydrogen-bond donors (Lipinski definition) is 1. The Kier molecular flexibility index (Phi) is 17.5. The topological polar surface area (TPSA) is 156 Å². The van der Waals surface area contributed by atoms with E-state index in [2.05, 4.69) is 9.98 Å². The van der Waals surface area contributed by atoms with E-state index in [0.29, 0.717) is 18.3 Å². The Morgan fingerprint density at radius 1 is 1.22 bits per heavy atom. The Hall–Kier alpha value is -3.70. The number of aldehydes is 1. The van der Waals surface area contributed by atoms with Gasteiger partial charge >= 0.3 is 11.9 Å². The molecule has 1 saturated heterocycles. The molecule has 1 aromatic rings. The number of aromatic nitrogens is 1. The number of allylic oxidation sites excluding steroid dienone is 2. The molecule has 2 N–H and O–H groups in total. The first-order valence-electron chi connectivity index (χ1n) is 11.8. The number of hydrogen-bond acceptors (Lipinski definition) is 9. The molecule has 37 heavy (non-hydrogen) atoms. The zero-order chi connectivity index (χ0) is 28.2. The molecule has 0 radical (unpaired) electrons. The highest BCUT2D eigenvalue weighted by Crippen LogP contribution is 2.26. The molecule has 4 unspecified atom stereocenters. The summed E-state index contributed by atoms with van der Waals surface area (Å²) in [6.45, 7) is 9.21. The van der Waals surface area contributed by atoms with E-state index < -0.39 is 30.3 Å². The van der Waals surface area contributed by atoms with Gasteiger partial charge in [-0.1, -0.05) is 26.8 Å². The number of ether oxygens (including phenoxy) is 4. The zero-order valence-corrected chi connectivity index (χ0v) is 22.2. The van der Waals surface area contributed by atoms with Gasteiger partial charge in [0.2, 0.25) is 5.91 Å². The van der Waals surface area contributed by atoms with Gasteiger partial charge in [0.05, 0.1) is 11.7 Å². The number of carbonyl (C=O) groups excluding carboxylic acids is 4. The average molecular weight is 520 g/mol. The fraction of sp³-hybridized carbons (Fsp3) is 0.462. The standard InChI is InChI=1S/C17H19NO7.C7H12N2O.C2H6/c1-11-15(22-2)16(25-14(20)6-4-8-19)13(24-11)10-23-17(21)12-5-3-7-18-9-12;1-3-5-6(8)9-7(10)4-2;1-2/h3-9,11,13,15-16H,10H2,1-2H3;3,5H,4H2,1-2H3,(H2,8,9,10);1-2H3/b6-4-;5-3-;. The van der Waals surface area contributed by atoms with E-state index in [1.54, 1.807) is 44.3 Å². The van der Waals surface area contributed by atoms with Crippen molar-refractivity contribution in [2.45, 2.75) is 65.5 Å². The highest BCUT2D eigenvalue weighted by atomic mass is 16.6. The summed E-state index contributed by atoms with van der Waals surface area (Å²) in [7, 11) is 1.47. The largest absolute Gasteiger partial charge is 0.459 e. The Balaban J connectivity index is 0.000000910. The summed E-state index contributed by atoms with van der Waals surface area (Å²) in [5.41, 5.74) is 5.61. The average Bonchev–Trinajstić information content (AvgIpc) is 3.21. The second kappa shape index (κ2) is 19.5. The van der Waals surface area contributed by atoms with E-state index in [1.165, 1.54) is 13.3 Å². The van der Waals surface area contributed by atoms with Gasteiger partial charge in [0.25, 0.3) is 0 Å². The maximum absolute atomic E-state index is 12.0. The van der Waals surface area contributed by atoms with Crippen LogP contribution in [0.15, 0.2) is 53.8 Å². The lowest BCUT2D eigenvalue weighted by Gasteiger charge is -2.22. The highest BCUT2D eigenvalue weighted by molar-refractivity contribution is 5.99. The van der Waals surface area contributed by atoms with E-state index >= 15 is 0 Å². The lowest BCUT2D eigenvalue weighted by molar-refractivity contribution is -0.151. The van der Waals surface area contributed by atoms with Gasteiger partial charge in [-0.15, -0.1) is 0 Å². The first-order valence-corrected chi connectivity index (χ1v) is 11.8. The monoisotopic (exact) mass is 519 g/mol. The SMILES string of the molecule is C/C=C\C(N)=NC(=O)CC.CC.COC1C(C)OC(COC(=O)c2cccnc2)C1OC(=O)/C=C\C=O. The molecule has 2 heterocycles. The third kappa shape index (κ3) is 12.7. The van der Waals surface area contributed by atoms with Gasteiger partial charge in [-0.25, -0.2) is 9.59 Å². The predicted octanol–water partition coefficient (Wildman–Crippen LogP) is 2.59. The van der Waals surface area contributed by atoms with Crippen LogP contribution in [0.1, 0.15) is 51.4 Å². The molecule has 11 heteroatoms. The molecule has 204 valence electrons. The molecule has 2 rings (SSSR count). The zero-order valence-electron chi connectivity index (χ0n) is 22.2. The van der Waals surface area contributed by atoms with Crippen LogP contribution in [0.25, 0.3) is 0 Å². The fourth-order valence-electron chi connectivity index (χ4n) is 2.96. The first kappa shape index (κ1) is 33.3. The van der Waals surface area contributed by atoms with E-state index in [4.69, 9.17) is 24.7 Å². The maximum Gasteiger partial charge on any atom is 0.339 e. The van der Waals surface area contributed by atoms with E-state index in [-0.39, 0.29) is 24.5 Å². The van der Waals surface area contributed by atoms with Gasteiger partial charge in [0.15, 0.2) is 6.10 Å². The van der Waals surface area contributed by atoms with Crippen LogP contribution in [-0.2, 0) is 33.3 Å². The lowest BCUT2D eigenvalue weighted by Crippen LogP contribution is -2.39. The number of carbonyl (C=O) groups is 4. The van der Waals surface area contributed by atoms with E-state index in [1.807, 2.05) is 20.8 Å². The second-order valence-electron chi connectivity index (χ2n) is 7.10. The van der Waals surface area contributed by atoms with E-state index in [9.17, 15) is 19.2 Å². The molecule has 1 amide bonds. The van der Waals surface area contributed by atoms with Crippen molar-refractivity contribution in [3.05, 3.63) is 54.4 Å². The van der Waals surface area contributed by atoms with Gasteiger partial charge in [0, 0.05) is 32.0 Å². The molecule has 0 bridgehead atoms. The number of aliphatic imine (C=N–C) groups is 1. The number of nitrogens with zero attached hydrogens (tertiary/aromatic N) is 2. The summed E-state index contributed by atoms with van der Waals surface area (Å²) in [6, 6.07) is 3.20. The summed E-state index contributed by atoms with van der Waals surface area (Å²) in [5, 5.41) is 0. The van der Waals surface area contributed by atoms with Crippen molar-refractivity contribution in [1.82, 2.24) is 4.98 Å². The fourth-order valence-corrected chi connectivity index (χ4v) is 2.96. The van der Waals surface area contributed by atoms with Crippen LogP contribution in [0.4, 0.5) is 0 Å². The number of amidine groups is 1. The van der Waals surface area contributed by atoms with Crippen LogP contribution < -0.4 is 5.73 Å². The van der Waals surface area contributed by atoms with E-state index in [0.717, 1.165) is 12.2 Å². The summed E-state index contributed by atoms with van der Waals surface area (Å²) >= 11 is 0. The quantitative estimate of drug-likeness (QED) is 0.169. The minimum atomic E-state index is -0.773. The molecule has 0 spiro atoms. The van der Waals surface area contributed by atoms with Crippen LogP contribution in [0.2, 0.25) is 0 Å². The predicted molar refractivity (Wildman–Crippen MR) is 138 cm³/mol. The Morgan fingerprint density at radius 2 is 1.92 bits per heavy atom. The van der Waals surface area contributed by atoms with Crippen LogP contribution >= 0.6 is 0 Å². The second-order valence-corrected chi connectivity index (χ2v) is 7.10. The Bertz CT molecular complexity index is 931. The smallest absolute Gasteiger partial charge is 0.339 e. The van der Waals surface area contributed by atoms with Crippen LogP contribution in [0.5, 0.6) is 0 Å². The molecule has 1 aliphatic rings. The molecule has 1 aliphatic heterocycles. The summed E-state index contributed by atoms with van der Waals surface area (Å²) in [6.07, 6.45) is 6.83. The number of esters is 2. The van der Waals surface area contributed by atoms with Crippen molar-refractivity contribution >= 4 is 30.0 Å². The van der Waals surface area contributed by atoms with Gasteiger partial charge in [-0.05, 0) is 38.1 Å². The molecule has 0 saturated carbocycles. The molecule has 1 fully saturated rings. The van der Waals surface area contributed by atoms with Crippen molar-refractivity contribution in [2.24, 2.45) is 10.7 Å². The van der Waals surface area contributed by atoms with Crippen LogP contribution in [0, 0.1) is 0 Å². The molecular weight excluding hydrogens is 482 g/mol. The molecule has 11 nitrogen and oxygen atoms in total. The summed E-state index contributed by atoms with van der Waals surface area (Å²) < 4.78 is 21.5. The number of methoxy groups -OCH3 is 1. The first-order chi connectivity index (χ1) is 17.8. The molecule has 0 aromatic carbocycles. The minimum Gasteiger partial charge on any atom is -0.459 e. The molecular formula is C26H37N3O8. The highest BCUT2D eigenvalue weighted by Gasteiger charge is 2.45. The normalized spacial score (nSPS) is 20.9. The van der Waals surface area contributed by atoms with Crippen molar-refractivity contribution in [3.63, 3.8) is 0 Å². The number of amides is 1. The van der Waals surface area contributed by atoms with Crippen LogP contribution in [-0.4, -0.2) is 73.1 Å². The molecule has 0 aliphatic carbocycles. The van der Waals surface area contributed by atoms with Crippen molar-refractivity contribution in [1.29, 1.82) is 0 Å². The summed E-state index contributed by atoms with van der Waals surface area (Å²) in [4.78, 5) is 52.0. The third-order valence-corrected chi connectivity index (χ3v) is 4.55. The van der Waals surface area contributed by atoms with Gasteiger partial charge < -0.3 is 24.7 Å². The number of pyridine rings is 1. The number of nitrogens with two attached hydrogens (primary N) is 1. The Morgan fingerprint density at radius 3 is 2.46 bits per heavy atom. The lowest BCUT2D eigenvalue weighted by atomic mass is 10.1. The van der Waals surface area contributed by atoms with Crippen molar-refractivity contribution in [3.8, 4) is 0 Å². The third-order valence-electron chi connectivity index (χ3n) is 4.55. The number of rotatable bonds is 9. The minimum absolute atomic E-state index is 0.118. The van der Waals surface area contributed by atoms with Gasteiger partial charge in [0.1, 0.15) is 30.9 Å². The summed E-state index contributed by atoms with van der Waals surface area (Å²) in [5.74, 6) is -1.18. The van der Waals surface area contributed by atoms with Crippen molar-refractivity contribution < 1.29 is 38.1 Å². The van der Waals surface area contributed by atoms with Gasteiger partial charge in [-0.3, -0.25) is 14.6 Å². The molecule has 1 aromatic heterocycles.